The highest BCUT2D eigenvalue weighted by Gasteiger charge is 2.26. The Labute approximate surface area is 124 Å². The average molecular weight is 287 g/mol. The molecule has 1 saturated heterocycles. The Morgan fingerprint density at radius 3 is 2.95 bits per heavy atom. The van der Waals surface area contributed by atoms with Gasteiger partial charge in [-0.3, -0.25) is 4.90 Å². The fourth-order valence-corrected chi connectivity index (χ4v) is 2.78. The Morgan fingerprint density at radius 2 is 2.19 bits per heavy atom. The molecule has 1 aromatic carbocycles. The zero-order chi connectivity index (χ0) is 14.7. The standard InChI is InChI=1S/C16H21N3O2/c1-12(19-9-5-8-14(20)11-19)16-17-15(18-21-16)10-13-6-3-2-4-7-13/h2-4,6-7,12,14,20H,5,8-11H2,1H3. The van der Waals surface area contributed by atoms with Crippen molar-refractivity contribution >= 4 is 0 Å². The van der Waals surface area contributed by atoms with Crippen molar-refractivity contribution in [1.29, 1.82) is 0 Å². The molecule has 112 valence electrons. The van der Waals surface area contributed by atoms with E-state index >= 15 is 0 Å². The molecule has 0 saturated carbocycles. The van der Waals surface area contributed by atoms with Gasteiger partial charge in [-0.1, -0.05) is 35.5 Å². The van der Waals surface area contributed by atoms with Crippen LogP contribution in [0.1, 0.15) is 43.1 Å². The second-order valence-electron chi connectivity index (χ2n) is 5.68. The van der Waals surface area contributed by atoms with Crippen LogP contribution >= 0.6 is 0 Å². The Bertz CT molecular complexity index is 570. The van der Waals surface area contributed by atoms with Gasteiger partial charge in [0.1, 0.15) is 0 Å². The molecule has 0 amide bonds. The van der Waals surface area contributed by atoms with Crippen molar-refractivity contribution in [3.05, 3.63) is 47.6 Å². The predicted molar refractivity (Wildman–Crippen MR) is 78.8 cm³/mol. The molecule has 5 heteroatoms. The maximum Gasteiger partial charge on any atom is 0.243 e. The number of hydrogen-bond acceptors (Lipinski definition) is 5. The lowest BCUT2D eigenvalue weighted by atomic mass is 10.1. The molecule has 2 atom stereocenters. The highest BCUT2D eigenvalue weighted by Crippen LogP contribution is 2.23. The Kier molecular flexibility index (Phi) is 4.31. The van der Waals surface area contributed by atoms with Crippen molar-refractivity contribution in [2.45, 2.75) is 38.3 Å². The Balaban J connectivity index is 1.66. The summed E-state index contributed by atoms with van der Waals surface area (Å²) >= 11 is 0. The van der Waals surface area contributed by atoms with E-state index in [-0.39, 0.29) is 12.1 Å². The van der Waals surface area contributed by atoms with Crippen LogP contribution in [0.5, 0.6) is 0 Å². The highest BCUT2D eigenvalue weighted by molar-refractivity contribution is 5.18. The van der Waals surface area contributed by atoms with E-state index in [0.29, 0.717) is 24.7 Å². The van der Waals surface area contributed by atoms with Gasteiger partial charge >= 0.3 is 0 Å². The number of aromatic nitrogens is 2. The minimum absolute atomic E-state index is 0.0528. The number of hydrogen-bond donors (Lipinski definition) is 1. The Hall–Kier alpha value is -1.72. The second kappa shape index (κ2) is 6.37. The number of likely N-dealkylation sites (tertiary alicyclic amines) is 1. The fraction of sp³-hybridized carbons (Fsp3) is 0.500. The molecule has 1 aromatic heterocycles. The van der Waals surface area contributed by atoms with Gasteiger partial charge in [-0.15, -0.1) is 0 Å². The number of aliphatic hydroxyl groups excluding tert-OH is 1. The summed E-state index contributed by atoms with van der Waals surface area (Å²) in [6, 6.07) is 10.2. The molecule has 1 aliphatic heterocycles. The summed E-state index contributed by atoms with van der Waals surface area (Å²) in [5.41, 5.74) is 1.17. The van der Waals surface area contributed by atoms with Gasteiger partial charge in [-0.2, -0.15) is 4.98 Å². The van der Waals surface area contributed by atoms with Gasteiger partial charge in [0, 0.05) is 13.0 Å². The summed E-state index contributed by atoms with van der Waals surface area (Å²) < 4.78 is 5.40. The van der Waals surface area contributed by atoms with Crippen LogP contribution in [0.4, 0.5) is 0 Å². The average Bonchev–Trinajstić information content (AvgIpc) is 2.96. The third-order valence-corrected chi connectivity index (χ3v) is 4.02. The SMILES string of the molecule is CC(c1nc(Cc2ccccc2)no1)N1CCCC(O)C1. The molecule has 2 unspecified atom stereocenters. The van der Waals surface area contributed by atoms with Crippen LogP contribution in [0.15, 0.2) is 34.9 Å². The minimum atomic E-state index is -0.243. The van der Waals surface area contributed by atoms with Crippen molar-refractivity contribution in [3.63, 3.8) is 0 Å². The number of nitrogens with zero attached hydrogens (tertiary/aromatic N) is 3. The van der Waals surface area contributed by atoms with E-state index in [1.807, 2.05) is 18.2 Å². The molecule has 1 N–H and O–H groups in total. The largest absolute Gasteiger partial charge is 0.392 e. The van der Waals surface area contributed by atoms with Gasteiger partial charge in [0.05, 0.1) is 12.1 Å². The van der Waals surface area contributed by atoms with E-state index < -0.39 is 0 Å². The summed E-state index contributed by atoms with van der Waals surface area (Å²) in [7, 11) is 0. The van der Waals surface area contributed by atoms with Crippen molar-refractivity contribution < 1.29 is 9.63 Å². The molecule has 1 fully saturated rings. The number of benzene rings is 1. The highest BCUT2D eigenvalue weighted by atomic mass is 16.5. The maximum atomic E-state index is 9.77. The zero-order valence-electron chi connectivity index (χ0n) is 12.3. The lowest BCUT2D eigenvalue weighted by Gasteiger charge is -2.32. The molecule has 1 aliphatic rings. The van der Waals surface area contributed by atoms with Gasteiger partial charge < -0.3 is 9.63 Å². The molecule has 0 radical (unpaired) electrons. The quantitative estimate of drug-likeness (QED) is 0.934. The molecule has 21 heavy (non-hydrogen) atoms. The van der Waals surface area contributed by atoms with Crippen LogP contribution in [0.2, 0.25) is 0 Å². The van der Waals surface area contributed by atoms with Gasteiger partial charge in [0.25, 0.3) is 0 Å². The summed E-state index contributed by atoms with van der Waals surface area (Å²) in [6.45, 7) is 3.70. The normalized spacial score (nSPS) is 21.3. The minimum Gasteiger partial charge on any atom is -0.392 e. The summed E-state index contributed by atoms with van der Waals surface area (Å²) in [6.07, 6.45) is 2.33. The smallest absolute Gasteiger partial charge is 0.243 e. The van der Waals surface area contributed by atoms with E-state index in [0.717, 1.165) is 19.4 Å². The first-order valence-electron chi connectivity index (χ1n) is 7.51. The van der Waals surface area contributed by atoms with E-state index in [9.17, 15) is 5.11 Å². The molecule has 2 aromatic rings. The first kappa shape index (κ1) is 14.2. The topological polar surface area (TPSA) is 62.4 Å². The number of rotatable bonds is 4. The van der Waals surface area contributed by atoms with Gasteiger partial charge in [0.15, 0.2) is 5.82 Å². The molecular formula is C16H21N3O2. The third-order valence-electron chi connectivity index (χ3n) is 4.02. The van der Waals surface area contributed by atoms with Crippen LogP contribution in [-0.2, 0) is 6.42 Å². The van der Waals surface area contributed by atoms with E-state index in [4.69, 9.17) is 4.52 Å². The summed E-state index contributed by atoms with van der Waals surface area (Å²) in [5, 5.41) is 13.8. The summed E-state index contributed by atoms with van der Waals surface area (Å²) in [5.74, 6) is 1.34. The zero-order valence-corrected chi connectivity index (χ0v) is 12.3. The van der Waals surface area contributed by atoms with Crippen molar-refractivity contribution in [2.24, 2.45) is 0 Å². The summed E-state index contributed by atoms with van der Waals surface area (Å²) in [4.78, 5) is 6.71. The molecule has 3 rings (SSSR count). The third kappa shape index (κ3) is 3.49. The van der Waals surface area contributed by atoms with Crippen LogP contribution in [0, 0.1) is 0 Å². The molecule has 2 heterocycles. The maximum absolute atomic E-state index is 9.77. The predicted octanol–water partition coefficient (Wildman–Crippen LogP) is 2.18. The van der Waals surface area contributed by atoms with Crippen LogP contribution in [0.3, 0.4) is 0 Å². The fourth-order valence-electron chi connectivity index (χ4n) is 2.78. The Morgan fingerprint density at radius 1 is 1.38 bits per heavy atom. The molecule has 5 nitrogen and oxygen atoms in total. The van der Waals surface area contributed by atoms with Crippen molar-refractivity contribution in [1.82, 2.24) is 15.0 Å². The van der Waals surface area contributed by atoms with Crippen LogP contribution < -0.4 is 0 Å². The second-order valence-corrected chi connectivity index (χ2v) is 5.68. The first-order valence-corrected chi connectivity index (χ1v) is 7.51. The van der Waals surface area contributed by atoms with Crippen molar-refractivity contribution in [2.75, 3.05) is 13.1 Å². The lowest BCUT2D eigenvalue weighted by molar-refractivity contribution is 0.0422. The van der Waals surface area contributed by atoms with Crippen LogP contribution in [-0.4, -0.2) is 39.3 Å². The number of β-amino-alcohol motifs (C(OH)–C–C–N with tert-alkyl or cyclic N) is 1. The molecular weight excluding hydrogens is 266 g/mol. The van der Waals surface area contributed by atoms with Crippen molar-refractivity contribution in [3.8, 4) is 0 Å². The van der Waals surface area contributed by atoms with E-state index in [1.54, 1.807) is 0 Å². The van der Waals surface area contributed by atoms with E-state index in [1.165, 1.54) is 5.56 Å². The van der Waals surface area contributed by atoms with Gasteiger partial charge in [0.2, 0.25) is 5.89 Å². The number of aliphatic hydroxyl groups is 1. The molecule has 0 aliphatic carbocycles. The van der Waals surface area contributed by atoms with E-state index in [2.05, 4.69) is 34.1 Å². The van der Waals surface area contributed by atoms with Gasteiger partial charge in [-0.25, -0.2) is 0 Å². The lowest BCUT2D eigenvalue weighted by Crippen LogP contribution is -2.39. The number of piperidine rings is 1. The van der Waals surface area contributed by atoms with Crippen LogP contribution in [0.25, 0.3) is 0 Å². The molecule has 0 spiro atoms. The molecule has 0 bridgehead atoms. The van der Waals surface area contributed by atoms with Gasteiger partial charge in [-0.05, 0) is 31.9 Å². The first-order chi connectivity index (χ1) is 10.2. The monoisotopic (exact) mass is 287 g/mol.